The van der Waals surface area contributed by atoms with Crippen molar-refractivity contribution in [1.82, 2.24) is 9.88 Å². The molecule has 0 N–H and O–H groups in total. The monoisotopic (exact) mass is 252 g/mol. The summed E-state index contributed by atoms with van der Waals surface area (Å²) in [5.41, 5.74) is 0.340. The molecule has 5 heteroatoms. The van der Waals surface area contributed by atoms with Gasteiger partial charge in [0.1, 0.15) is 11.4 Å². The summed E-state index contributed by atoms with van der Waals surface area (Å²) < 4.78 is 18.0. The second kappa shape index (κ2) is 4.55. The van der Waals surface area contributed by atoms with Crippen LogP contribution in [0.2, 0.25) is 0 Å². The fourth-order valence-electron chi connectivity index (χ4n) is 1.77. The molecule has 1 aliphatic heterocycles. The van der Waals surface area contributed by atoms with Crippen molar-refractivity contribution in [3.05, 3.63) is 29.8 Å². The molecule has 1 aliphatic rings. The quantitative estimate of drug-likeness (QED) is 0.771. The van der Waals surface area contributed by atoms with Gasteiger partial charge in [-0.1, -0.05) is 0 Å². The van der Waals surface area contributed by atoms with Crippen molar-refractivity contribution in [2.45, 2.75) is 32.3 Å². The van der Waals surface area contributed by atoms with E-state index in [0.29, 0.717) is 13.1 Å². The van der Waals surface area contributed by atoms with Crippen LogP contribution in [0.1, 0.15) is 32.4 Å². The highest BCUT2D eigenvalue weighted by atomic mass is 19.1. The highest BCUT2D eigenvalue weighted by molar-refractivity contribution is 5.69. The third-order valence-electron chi connectivity index (χ3n) is 2.70. The van der Waals surface area contributed by atoms with Crippen LogP contribution in [0, 0.1) is 5.82 Å². The maximum atomic E-state index is 12.7. The van der Waals surface area contributed by atoms with E-state index in [1.54, 1.807) is 11.0 Å². The highest BCUT2D eigenvalue weighted by Crippen LogP contribution is 2.27. The van der Waals surface area contributed by atoms with Crippen LogP contribution in [-0.2, 0) is 4.74 Å². The van der Waals surface area contributed by atoms with Gasteiger partial charge in [0.15, 0.2) is 0 Å². The SMILES string of the molecule is CC(C)(C)OC(=O)N1CC(c2ccc(F)cn2)C1. The van der Waals surface area contributed by atoms with Crippen LogP contribution < -0.4 is 0 Å². The van der Waals surface area contributed by atoms with E-state index in [4.69, 9.17) is 4.74 Å². The second-order valence-corrected chi connectivity index (χ2v) is 5.48. The first-order chi connectivity index (χ1) is 8.35. The molecule has 1 amide bonds. The van der Waals surface area contributed by atoms with Gasteiger partial charge in [-0.2, -0.15) is 0 Å². The topological polar surface area (TPSA) is 42.4 Å². The standard InChI is InChI=1S/C13H17FN2O2/c1-13(2,3)18-12(17)16-7-9(8-16)11-5-4-10(14)6-15-11/h4-6,9H,7-8H2,1-3H3. The Kier molecular flexibility index (Phi) is 3.24. The molecule has 1 fully saturated rings. The molecule has 0 radical (unpaired) electrons. The predicted octanol–water partition coefficient (Wildman–Crippen LogP) is 2.56. The van der Waals surface area contributed by atoms with Crippen LogP contribution in [0.15, 0.2) is 18.3 Å². The van der Waals surface area contributed by atoms with E-state index in [9.17, 15) is 9.18 Å². The lowest BCUT2D eigenvalue weighted by Crippen LogP contribution is -2.50. The van der Waals surface area contributed by atoms with Crippen LogP contribution in [0.25, 0.3) is 0 Å². The van der Waals surface area contributed by atoms with Crippen LogP contribution >= 0.6 is 0 Å². The summed E-state index contributed by atoms with van der Waals surface area (Å²) in [5, 5.41) is 0. The summed E-state index contributed by atoms with van der Waals surface area (Å²) in [4.78, 5) is 17.3. The van der Waals surface area contributed by atoms with Crippen molar-refractivity contribution in [1.29, 1.82) is 0 Å². The molecule has 1 saturated heterocycles. The van der Waals surface area contributed by atoms with E-state index < -0.39 is 5.60 Å². The Morgan fingerprint density at radius 3 is 2.61 bits per heavy atom. The summed E-state index contributed by atoms with van der Waals surface area (Å²) in [6.45, 7) is 6.66. The second-order valence-electron chi connectivity index (χ2n) is 5.48. The lowest BCUT2D eigenvalue weighted by atomic mass is 9.96. The number of halogens is 1. The fraction of sp³-hybridized carbons (Fsp3) is 0.538. The van der Waals surface area contributed by atoms with E-state index in [0.717, 1.165) is 5.69 Å². The Morgan fingerprint density at radius 2 is 2.11 bits per heavy atom. The average molecular weight is 252 g/mol. The first kappa shape index (κ1) is 12.8. The third kappa shape index (κ3) is 2.97. The zero-order valence-electron chi connectivity index (χ0n) is 10.8. The molecule has 2 rings (SSSR count). The number of pyridine rings is 1. The van der Waals surface area contributed by atoms with Gasteiger partial charge < -0.3 is 9.64 Å². The first-order valence-electron chi connectivity index (χ1n) is 5.94. The molecule has 0 unspecified atom stereocenters. The number of hydrogen-bond acceptors (Lipinski definition) is 3. The van der Waals surface area contributed by atoms with Gasteiger partial charge in [0.25, 0.3) is 0 Å². The van der Waals surface area contributed by atoms with Crippen molar-refractivity contribution in [3.8, 4) is 0 Å². The molecular weight excluding hydrogens is 235 g/mol. The third-order valence-corrected chi connectivity index (χ3v) is 2.70. The van der Waals surface area contributed by atoms with Crippen LogP contribution in [0.4, 0.5) is 9.18 Å². The molecule has 0 aromatic carbocycles. The van der Waals surface area contributed by atoms with E-state index in [2.05, 4.69) is 4.98 Å². The number of likely N-dealkylation sites (tertiary alicyclic amines) is 1. The average Bonchev–Trinajstić information content (AvgIpc) is 2.15. The van der Waals surface area contributed by atoms with Crippen LogP contribution in [0.3, 0.4) is 0 Å². The van der Waals surface area contributed by atoms with Crippen molar-refractivity contribution in [2.24, 2.45) is 0 Å². The molecule has 0 spiro atoms. The number of carbonyl (C=O) groups is 1. The largest absolute Gasteiger partial charge is 0.444 e. The Morgan fingerprint density at radius 1 is 1.44 bits per heavy atom. The van der Waals surface area contributed by atoms with Gasteiger partial charge >= 0.3 is 6.09 Å². The molecule has 0 aliphatic carbocycles. The number of amides is 1. The summed E-state index contributed by atoms with van der Waals surface area (Å²) >= 11 is 0. The lowest BCUT2D eigenvalue weighted by molar-refractivity contribution is 0.00786. The van der Waals surface area contributed by atoms with Gasteiger partial charge in [0.05, 0.1) is 6.20 Å². The normalized spacial score (nSPS) is 16.3. The Bertz CT molecular complexity index is 433. The number of ether oxygens (including phenoxy) is 1. The molecule has 0 bridgehead atoms. The predicted molar refractivity (Wildman–Crippen MR) is 64.7 cm³/mol. The molecule has 1 aromatic rings. The van der Waals surface area contributed by atoms with Crippen molar-refractivity contribution in [2.75, 3.05) is 13.1 Å². The first-order valence-corrected chi connectivity index (χ1v) is 5.94. The molecule has 98 valence electrons. The summed E-state index contributed by atoms with van der Waals surface area (Å²) in [7, 11) is 0. The van der Waals surface area contributed by atoms with Gasteiger partial charge in [-0.05, 0) is 32.9 Å². The lowest BCUT2D eigenvalue weighted by Gasteiger charge is -2.39. The van der Waals surface area contributed by atoms with E-state index in [1.165, 1.54) is 12.3 Å². The molecule has 1 aromatic heterocycles. The Labute approximate surface area is 106 Å². The van der Waals surface area contributed by atoms with Crippen molar-refractivity contribution in [3.63, 3.8) is 0 Å². The molecule has 18 heavy (non-hydrogen) atoms. The summed E-state index contributed by atoms with van der Waals surface area (Å²) in [6.07, 6.45) is 0.895. The zero-order chi connectivity index (χ0) is 13.3. The number of rotatable bonds is 1. The molecular formula is C13H17FN2O2. The minimum atomic E-state index is -0.476. The van der Waals surface area contributed by atoms with Crippen LogP contribution in [0.5, 0.6) is 0 Å². The smallest absolute Gasteiger partial charge is 0.410 e. The summed E-state index contributed by atoms with van der Waals surface area (Å²) in [5.74, 6) is -0.166. The summed E-state index contributed by atoms with van der Waals surface area (Å²) in [6, 6.07) is 3.05. The number of aromatic nitrogens is 1. The molecule has 2 heterocycles. The van der Waals surface area contributed by atoms with Gasteiger partial charge in [-0.15, -0.1) is 0 Å². The highest BCUT2D eigenvalue weighted by Gasteiger charge is 2.35. The van der Waals surface area contributed by atoms with Gasteiger partial charge in [0, 0.05) is 24.7 Å². The Balaban J connectivity index is 1.87. The Hall–Kier alpha value is -1.65. The van der Waals surface area contributed by atoms with E-state index >= 15 is 0 Å². The van der Waals surface area contributed by atoms with Crippen molar-refractivity contribution >= 4 is 6.09 Å². The van der Waals surface area contributed by atoms with Crippen molar-refractivity contribution < 1.29 is 13.9 Å². The van der Waals surface area contributed by atoms with E-state index in [1.807, 2.05) is 20.8 Å². The molecule has 0 atom stereocenters. The maximum Gasteiger partial charge on any atom is 0.410 e. The zero-order valence-corrected chi connectivity index (χ0v) is 10.8. The van der Waals surface area contributed by atoms with E-state index in [-0.39, 0.29) is 17.8 Å². The van der Waals surface area contributed by atoms with Gasteiger partial charge in [0.2, 0.25) is 0 Å². The maximum absolute atomic E-state index is 12.7. The number of hydrogen-bond donors (Lipinski definition) is 0. The molecule has 0 saturated carbocycles. The van der Waals surface area contributed by atoms with Gasteiger partial charge in [-0.25, -0.2) is 9.18 Å². The minimum absolute atomic E-state index is 0.179. The molecule has 4 nitrogen and oxygen atoms in total. The number of carbonyl (C=O) groups excluding carboxylic acids is 1. The number of nitrogens with zero attached hydrogens (tertiary/aromatic N) is 2. The van der Waals surface area contributed by atoms with Crippen LogP contribution in [-0.4, -0.2) is 34.7 Å². The fourth-order valence-corrected chi connectivity index (χ4v) is 1.77. The van der Waals surface area contributed by atoms with Gasteiger partial charge in [-0.3, -0.25) is 4.98 Å². The minimum Gasteiger partial charge on any atom is -0.444 e.